The minimum atomic E-state index is -1.93. The molecule has 5 aliphatic rings. The molecule has 0 aromatic carbocycles. The highest BCUT2D eigenvalue weighted by atomic mass is 35.5. The van der Waals surface area contributed by atoms with Crippen LogP contribution in [0.15, 0.2) is 20.1 Å². The van der Waals surface area contributed by atoms with E-state index < -0.39 is 31.1 Å². The summed E-state index contributed by atoms with van der Waals surface area (Å²) < 4.78 is 23.4. The van der Waals surface area contributed by atoms with Gasteiger partial charge in [0.25, 0.3) is 0 Å². The maximum Gasteiger partial charge on any atom is 0.231 e. The van der Waals surface area contributed by atoms with Crippen molar-refractivity contribution in [3.8, 4) is 0 Å². The van der Waals surface area contributed by atoms with Crippen LogP contribution in [0, 0.1) is 0 Å². The van der Waals surface area contributed by atoms with Crippen molar-refractivity contribution in [2.75, 3.05) is 26.4 Å². The van der Waals surface area contributed by atoms with Gasteiger partial charge < -0.3 is 18.9 Å². The monoisotopic (exact) mass is 520 g/mol. The summed E-state index contributed by atoms with van der Waals surface area (Å²) in [4.78, 5) is -7.60. The van der Waals surface area contributed by atoms with Crippen LogP contribution in [-0.2, 0) is 18.9 Å². The van der Waals surface area contributed by atoms with Gasteiger partial charge >= 0.3 is 0 Å². The number of alkyl halides is 4. The first-order chi connectivity index (χ1) is 12.0. The largest absolute Gasteiger partial charge is 0.344 e. The van der Waals surface area contributed by atoms with Gasteiger partial charge in [0.05, 0.1) is 46.6 Å². The standard InChI is InChI=1S/C14H8Cl8O4/c15-5-6(16)11(21)13(22)9(19,10(5,20)14(11)25-3-4-26-14)7(17)8(18)12(13)23-1-2-24-12/h1-4H2/t9-,10+,11+,13-/m0/s1. The Hall–Kier alpha value is 1.64. The Labute approximate surface area is 188 Å². The van der Waals surface area contributed by atoms with E-state index in [0.717, 1.165) is 0 Å². The van der Waals surface area contributed by atoms with E-state index in [1.54, 1.807) is 0 Å². The quantitative estimate of drug-likeness (QED) is 0.428. The van der Waals surface area contributed by atoms with Gasteiger partial charge in [-0.25, -0.2) is 0 Å². The summed E-state index contributed by atoms with van der Waals surface area (Å²) in [6.07, 6.45) is 0. The van der Waals surface area contributed by atoms with E-state index in [1.165, 1.54) is 0 Å². The highest BCUT2D eigenvalue weighted by molar-refractivity contribution is 6.63. The molecule has 1 saturated carbocycles. The Balaban J connectivity index is 1.95. The summed E-state index contributed by atoms with van der Waals surface area (Å²) in [7, 11) is 0. The van der Waals surface area contributed by atoms with Gasteiger partial charge in [-0.15, -0.1) is 46.4 Å². The minimum Gasteiger partial charge on any atom is -0.344 e. The van der Waals surface area contributed by atoms with Crippen molar-refractivity contribution in [1.82, 2.24) is 0 Å². The number of allylic oxidation sites excluding steroid dienone is 1. The molecule has 0 unspecified atom stereocenters. The fourth-order valence-corrected chi connectivity index (χ4v) is 9.39. The lowest BCUT2D eigenvalue weighted by atomic mass is 9.79. The van der Waals surface area contributed by atoms with E-state index in [9.17, 15) is 0 Å². The number of fused-ring (bicyclic) bond motifs is 4. The Morgan fingerprint density at radius 3 is 1.50 bits per heavy atom. The highest BCUT2D eigenvalue weighted by Gasteiger charge is 3.02. The molecule has 2 spiro atoms. The van der Waals surface area contributed by atoms with Gasteiger partial charge in [0, 0.05) is 0 Å². The van der Waals surface area contributed by atoms with Crippen molar-refractivity contribution in [1.29, 1.82) is 0 Å². The van der Waals surface area contributed by atoms with Crippen LogP contribution in [0.2, 0.25) is 0 Å². The van der Waals surface area contributed by atoms with Crippen LogP contribution >= 0.6 is 92.8 Å². The summed E-state index contributed by atoms with van der Waals surface area (Å²) >= 11 is 54.5. The van der Waals surface area contributed by atoms with E-state index in [-0.39, 0.29) is 46.6 Å². The fraction of sp³-hybridized carbons (Fsp3) is 0.714. The summed E-state index contributed by atoms with van der Waals surface area (Å²) in [5, 5.41) is -0.351. The summed E-state index contributed by atoms with van der Waals surface area (Å²) in [6, 6.07) is 0. The molecule has 0 N–H and O–H groups in total. The first-order valence-electron chi connectivity index (χ1n) is 7.48. The van der Waals surface area contributed by atoms with E-state index in [0.29, 0.717) is 0 Å². The van der Waals surface area contributed by atoms with Crippen molar-refractivity contribution in [2.24, 2.45) is 0 Å². The van der Waals surface area contributed by atoms with Crippen molar-refractivity contribution < 1.29 is 18.9 Å². The van der Waals surface area contributed by atoms with Gasteiger partial charge in [0.1, 0.15) is 4.87 Å². The molecule has 0 amide bonds. The Morgan fingerprint density at radius 1 is 0.538 bits per heavy atom. The van der Waals surface area contributed by atoms with Crippen LogP contribution in [-0.4, -0.2) is 57.5 Å². The molecule has 2 bridgehead atoms. The molecule has 144 valence electrons. The van der Waals surface area contributed by atoms with E-state index in [4.69, 9.17) is 112 Å². The van der Waals surface area contributed by atoms with Gasteiger partial charge in [-0.1, -0.05) is 46.4 Å². The third-order valence-corrected chi connectivity index (χ3v) is 11.4. The zero-order chi connectivity index (χ0) is 19.0. The van der Waals surface area contributed by atoms with Gasteiger partial charge in [-0.05, 0) is 0 Å². The predicted molar refractivity (Wildman–Crippen MR) is 101 cm³/mol. The lowest BCUT2D eigenvalue weighted by Gasteiger charge is -2.50. The van der Waals surface area contributed by atoms with Crippen LogP contribution < -0.4 is 0 Å². The van der Waals surface area contributed by atoms with Gasteiger partial charge in [0.2, 0.25) is 11.6 Å². The summed E-state index contributed by atoms with van der Waals surface area (Å²) in [6.45, 7) is 0.684. The second kappa shape index (κ2) is 5.27. The highest BCUT2D eigenvalue weighted by Crippen LogP contribution is 2.87. The van der Waals surface area contributed by atoms with Gasteiger partial charge in [-0.3, -0.25) is 0 Å². The average molecular weight is 524 g/mol. The maximum absolute atomic E-state index is 7.17. The van der Waals surface area contributed by atoms with Crippen LogP contribution in [0.25, 0.3) is 0 Å². The molecule has 2 aliphatic heterocycles. The minimum absolute atomic E-state index is 0.0691. The van der Waals surface area contributed by atoms with E-state index in [1.807, 2.05) is 0 Å². The smallest absolute Gasteiger partial charge is 0.231 e. The number of hydrogen-bond acceptors (Lipinski definition) is 4. The lowest BCUT2D eigenvalue weighted by molar-refractivity contribution is -0.192. The van der Waals surface area contributed by atoms with Gasteiger partial charge in [-0.2, -0.15) is 0 Å². The van der Waals surface area contributed by atoms with Crippen LogP contribution in [0.1, 0.15) is 0 Å². The van der Waals surface area contributed by atoms with Crippen molar-refractivity contribution in [2.45, 2.75) is 31.1 Å². The second-order valence-corrected chi connectivity index (χ2v) is 10.3. The molecule has 0 aromatic rings. The van der Waals surface area contributed by atoms with Crippen LogP contribution in [0.4, 0.5) is 0 Å². The zero-order valence-electron chi connectivity index (χ0n) is 12.5. The van der Waals surface area contributed by atoms with E-state index in [2.05, 4.69) is 0 Å². The fourth-order valence-electron chi connectivity index (χ4n) is 4.81. The number of hydrogen-bond donors (Lipinski definition) is 0. The molecular formula is C14H8Cl8O4. The lowest BCUT2D eigenvalue weighted by Crippen LogP contribution is -2.69. The molecular weight excluding hydrogens is 516 g/mol. The second-order valence-electron chi connectivity index (χ2n) is 6.52. The maximum atomic E-state index is 7.17. The SMILES string of the molecule is ClC1=C(Cl)[C@@]2(Cl)[C@@](Cl)(C13OCCO3)[C@]1(Cl)C(Cl)=C(Cl)[C@]2(Cl)C12OCCO2. The third kappa shape index (κ3) is 1.39. The molecule has 0 aromatic heterocycles. The molecule has 26 heavy (non-hydrogen) atoms. The summed E-state index contributed by atoms with van der Waals surface area (Å²) in [5.41, 5.74) is 0. The molecule has 4 atom stereocenters. The zero-order valence-corrected chi connectivity index (χ0v) is 18.5. The molecule has 2 heterocycles. The number of rotatable bonds is 0. The number of ether oxygens (including phenoxy) is 4. The van der Waals surface area contributed by atoms with Crippen LogP contribution in [0.5, 0.6) is 0 Å². The normalized spacial score (nSPS) is 50.8. The number of halogens is 8. The molecule has 2 saturated heterocycles. The first-order valence-corrected chi connectivity index (χ1v) is 10.5. The first kappa shape index (κ1) is 19.6. The third-order valence-electron chi connectivity index (χ3n) is 5.75. The molecule has 0 radical (unpaired) electrons. The predicted octanol–water partition coefficient (Wildman–Crippen LogP) is 4.80. The molecule has 4 nitrogen and oxygen atoms in total. The topological polar surface area (TPSA) is 36.9 Å². The Morgan fingerprint density at radius 2 is 0.962 bits per heavy atom. The van der Waals surface area contributed by atoms with E-state index >= 15 is 0 Å². The van der Waals surface area contributed by atoms with Crippen molar-refractivity contribution in [3.05, 3.63) is 20.1 Å². The molecule has 5 rings (SSSR count). The molecule has 3 aliphatic carbocycles. The van der Waals surface area contributed by atoms with Crippen LogP contribution in [0.3, 0.4) is 0 Å². The summed E-state index contributed by atoms with van der Waals surface area (Å²) in [5.74, 6) is -3.60. The average Bonchev–Trinajstić information content (AvgIpc) is 3.37. The molecule has 12 heteroatoms. The Kier molecular flexibility index (Phi) is 3.97. The Bertz CT molecular complexity index is 803. The van der Waals surface area contributed by atoms with Crippen molar-refractivity contribution >= 4 is 92.8 Å². The van der Waals surface area contributed by atoms with Crippen molar-refractivity contribution in [3.63, 3.8) is 0 Å². The molecule has 3 fully saturated rings. The van der Waals surface area contributed by atoms with Gasteiger partial charge in [0.15, 0.2) is 14.6 Å².